The Labute approximate surface area is 98.2 Å². The van der Waals surface area contributed by atoms with Crippen LogP contribution in [0.5, 0.6) is 0 Å². The summed E-state index contributed by atoms with van der Waals surface area (Å²) >= 11 is 0. The van der Waals surface area contributed by atoms with Crippen LogP contribution < -0.4 is 5.73 Å². The average molecular weight is 231 g/mol. The summed E-state index contributed by atoms with van der Waals surface area (Å²) in [5.74, 6) is -0.968. The number of methoxy groups -OCH3 is 1. The molecule has 0 aliphatic carbocycles. The molecule has 0 saturated heterocycles. The van der Waals surface area contributed by atoms with Gasteiger partial charge in [0.1, 0.15) is 0 Å². The minimum atomic E-state index is -0.705. The number of hydrogen-bond acceptors (Lipinski definition) is 3. The Hall–Kier alpha value is -0.610. The zero-order valence-electron chi connectivity index (χ0n) is 10.7. The van der Waals surface area contributed by atoms with E-state index in [-0.39, 0.29) is 11.5 Å². The maximum absolute atomic E-state index is 11.0. The molecule has 0 rings (SSSR count). The third-order valence-electron chi connectivity index (χ3n) is 3.00. The van der Waals surface area contributed by atoms with Crippen LogP contribution in [0, 0.1) is 5.92 Å². The van der Waals surface area contributed by atoms with E-state index in [4.69, 9.17) is 15.6 Å². The fourth-order valence-corrected chi connectivity index (χ4v) is 1.55. The van der Waals surface area contributed by atoms with Crippen LogP contribution >= 0.6 is 0 Å². The van der Waals surface area contributed by atoms with Gasteiger partial charge in [-0.15, -0.1) is 0 Å². The highest BCUT2D eigenvalue weighted by atomic mass is 16.5. The molecule has 0 spiro atoms. The zero-order chi connectivity index (χ0) is 12.6. The fourth-order valence-electron chi connectivity index (χ4n) is 1.55. The largest absolute Gasteiger partial charge is 0.481 e. The Morgan fingerprint density at radius 3 is 2.44 bits per heavy atom. The zero-order valence-corrected chi connectivity index (χ0v) is 10.7. The molecule has 0 heterocycles. The first kappa shape index (κ1) is 15.4. The molecule has 0 aromatic heterocycles. The maximum atomic E-state index is 11.0. The summed E-state index contributed by atoms with van der Waals surface area (Å²) < 4.78 is 5.28. The van der Waals surface area contributed by atoms with Crippen LogP contribution in [0.2, 0.25) is 0 Å². The van der Waals surface area contributed by atoms with Crippen LogP contribution in [-0.2, 0) is 9.53 Å². The van der Waals surface area contributed by atoms with E-state index in [9.17, 15) is 4.79 Å². The van der Waals surface area contributed by atoms with Crippen molar-refractivity contribution < 1.29 is 14.6 Å². The van der Waals surface area contributed by atoms with E-state index in [1.165, 1.54) is 0 Å². The van der Waals surface area contributed by atoms with Crippen molar-refractivity contribution in [3.63, 3.8) is 0 Å². The van der Waals surface area contributed by atoms with Gasteiger partial charge in [-0.1, -0.05) is 6.42 Å². The number of carboxylic acid groups (broad SMARTS) is 1. The first-order valence-electron chi connectivity index (χ1n) is 5.91. The molecule has 1 unspecified atom stereocenters. The third-order valence-corrected chi connectivity index (χ3v) is 3.00. The Bertz CT molecular complexity index is 204. The summed E-state index contributed by atoms with van der Waals surface area (Å²) in [6.07, 6.45) is 3.94. The fraction of sp³-hybridized carbons (Fsp3) is 0.917. The Morgan fingerprint density at radius 1 is 1.38 bits per heavy atom. The van der Waals surface area contributed by atoms with Gasteiger partial charge in [-0.3, -0.25) is 4.79 Å². The lowest BCUT2D eigenvalue weighted by atomic mass is 9.91. The second-order valence-corrected chi connectivity index (χ2v) is 4.82. The summed E-state index contributed by atoms with van der Waals surface area (Å²) in [4.78, 5) is 11.0. The highest BCUT2D eigenvalue weighted by Gasteiger charge is 2.22. The van der Waals surface area contributed by atoms with E-state index >= 15 is 0 Å². The first-order chi connectivity index (χ1) is 7.43. The number of ether oxygens (including phenoxy) is 1. The minimum Gasteiger partial charge on any atom is -0.481 e. The van der Waals surface area contributed by atoms with Gasteiger partial charge in [-0.2, -0.15) is 0 Å². The highest BCUT2D eigenvalue weighted by molar-refractivity contribution is 5.69. The minimum absolute atomic E-state index is 0.235. The van der Waals surface area contributed by atoms with Crippen LogP contribution in [0.3, 0.4) is 0 Å². The highest BCUT2D eigenvalue weighted by Crippen LogP contribution is 2.22. The molecule has 0 saturated carbocycles. The topological polar surface area (TPSA) is 72.5 Å². The molecular formula is C12H25NO3. The molecule has 0 aliphatic rings. The van der Waals surface area contributed by atoms with Gasteiger partial charge in [-0.25, -0.2) is 0 Å². The van der Waals surface area contributed by atoms with Crippen LogP contribution in [0.4, 0.5) is 0 Å². The number of carbonyl (C=O) groups is 1. The smallest absolute Gasteiger partial charge is 0.306 e. The van der Waals surface area contributed by atoms with Gasteiger partial charge in [0.05, 0.1) is 11.5 Å². The van der Waals surface area contributed by atoms with Crippen molar-refractivity contribution in [1.82, 2.24) is 0 Å². The molecule has 4 heteroatoms. The Morgan fingerprint density at radius 2 is 2.00 bits per heavy atom. The van der Waals surface area contributed by atoms with Crippen molar-refractivity contribution in [2.45, 2.75) is 51.6 Å². The monoisotopic (exact) mass is 231 g/mol. The number of rotatable bonds is 9. The van der Waals surface area contributed by atoms with Crippen molar-refractivity contribution >= 4 is 5.97 Å². The normalized spacial score (nSPS) is 13.8. The summed E-state index contributed by atoms with van der Waals surface area (Å²) in [5, 5.41) is 9.07. The van der Waals surface area contributed by atoms with Crippen LogP contribution in [0.1, 0.15) is 46.0 Å². The van der Waals surface area contributed by atoms with E-state index in [1.54, 1.807) is 7.11 Å². The first-order valence-corrected chi connectivity index (χ1v) is 5.91. The lowest BCUT2D eigenvalue weighted by Crippen LogP contribution is -2.25. The SMILES string of the molecule is COC(C)(C)CCC(CCCCN)C(=O)O. The molecule has 0 aliphatic heterocycles. The van der Waals surface area contributed by atoms with Crippen molar-refractivity contribution in [3.05, 3.63) is 0 Å². The van der Waals surface area contributed by atoms with E-state index in [0.29, 0.717) is 19.4 Å². The number of unbranched alkanes of at least 4 members (excludes halogenated alkanes) is 1. The molecular weight excluding hydrogens is 206 g/mol. The molecule has 1 atom stereocenters. The second-order valence-electron chi connectivity index (χ2n) is 4.82. The lowest BCUT2D eigenvalue weighted by Gasteiger charge is -2.24. The number of aliphatic carboxylic acids is 1. The van der Waals surface area contributed by atoms with E-state index < -0.39 is 5.97 Å². The van der Waals surface area contributed by atoms with Crippen molar-refractivity contribution in [3.8, 4) is 0 Å². The molecule has 0 aromatic carbocycles. The third kappa shape index (κ3) is 6.80. The molecule has 0 fully saturated rings. The number of hydrogen-bond donors (Lipinski definition) is 2. The predicted octanol–water partition coefficient (Wildman–Crippen LogP) is 2.02. The number of carboxylic acids is 1. The van der Waals surface area contributed by atoms with Crippen molar-refractivity contribution in [2.24, 2.45) is 11.7 Å². The molecule has 0 bridgehead atoms. The van der Waals surface area contributed by atoms with Crippen LogP contribution in [-0.4, -0.2) is 30.3 Å². The van der Waals surface area contributed by atoms with Gasteiger partial charge in [0.2, 0.25) is 0 Å². The van der Waals surface area contributed by atoms with Gasteiger partial charge in [0.15, 0.2) is 0 Å². The van der Waals surface area contributed by atoms with Gasteiger partial charge in [-0.05, 0) is 46.1 Å². The number of nitrogens with two attached hydrogens (primary N) is 1. The summed E-state index contributed by atoms with van der Waals surface area (Å²) in [6, 6.07) is 0. The molecule has 3 N–H and O–H groups in total. The quantitative estimate of drug-likeness (QED) is 0.595. The van der Waals surface area contributed by atoms with Gasteiger partial charge >= 0.3 is 5.97 Å². The van der Waals surface area contributed by atoms with E-state index in [1.807, 2.05) is 13.8 Å². The molecule has 96 valence electrons. The van der Waals surface area contributed by atoms with E-state index in [0.717, 1.165) is 19.3 Å². The Kier molecular flexibility index (Phi) is 7.34. The maximum Gasteiger partial charge on any atom is 0.306 e. The van der Waals surface area contributed by atoms with Gasteiger partial charge < -0.3 is 15.6 Å². The van der Waals surface area contributed by atoms with Crippen molar-refractivity contribution in [2.75, 3.05) is 13.7 Å². The van der Waals surface area contributed by atoms with Crippen LogP contribution in [0.15, 0.2) is 0 Å². The molecule has 0 aromatic rings. The predicted molar refractivity (Wildman–Crippen MR) is 64.4 cm³/mol. The van der Waals surface area contributed by atoms with Gasteiger partial charge in [0, 0.05) is 7.11 Å². The van der Waals surface area contributed by atoms with Gasteiger partial charge in [0.25, 0.3) is 0 Å². The standard InChI is InChI=1S/C12H25NO3/c1-12(2,16-3)8-7-10(11(14)15)6-4-5-9-13/h10H,4-9,13H2,1-3H3,(H,14,15). The van der Waals surface area contributed by atoms with E-state index in [2.05, 4.69) is 0 Å². The Balaban J connectivity index is 3.99. The average Bonchev–Trinajstić information content (AvgIpc) is 2.22. The second kappa shape index (κ2) is 7.63. The summed E-state index contributed by atoms with van der Waals surface area (Å²) in [5.41, 5.74) is 5.15. The summed E-state index contributed by atoms with van der Waals surface area (Å²) in [7, 11) is 1.66. The lowest BCUT2D eigenvalue weighted by molar-refractivity contribution is -0.142. The molecule has 0 radical (unpaired) electrons. The molecule has 16 heavy (non-hydrogen) atoms. The summed E-state index contributed by atoms with van der Waals surface area (Å²) in [6.45, 7) is 4.59. The molecule has 4 nitrogen and oxygen atoms in total. The van der Waals surface area contributed by atoms with Crippen LogP contribution in [0.25, 0.3) is 0 Å². The van der Waals surface area contributed by atoms with Crippen molar-refractivity contribution in [1.29, 1.82) is 0 Å². The molecule has 0 amide bonds.